The summed E-state index contributed by atoms with van der Waals surface area (Å²) in [5, 5.41) is 3.55. The molecule has 2 aromatic carbocycles. The molecule has 0 unspecified atom stereocenters. The van der Waals surface area contributed by atoms with Gasteiger partial charge in [-0.3, -0.25) is 4.79 Å². The van der Waals surface area contributed by atoms with Crippen LogP contribution in [0.1, 0.15) is 15.9 Å². The summed E-state index contributed by atoms with van der Waals surface area (Å²) in [7, 11) is 5.54. The van der Waals surface area contributed by atoms with Crippen LogP contribution in [0.4, 0.5) is 11.4 Å². The average molecular weight is 408 g/mol. The van der Waals surface area contributed by atoms with Crippen LogP contribution in [0, 0.1) is 0 Å². The van der Waals surface area contributed by atoms with E-state index in [2.05, 4.69) is 21.2 Å². The second-order valence-corrected chi connectivity index (χ2v) is 6.85. The summed E-state index contributed by atoms with van der Waals surface area (Å²) in [5.74, 6) is 0.571. The van der Waals surface area contributed by atoms with Crippen LogP contribution in [0.25, 0.3) is 6.08 Å². The third-order valence-corrected chi connectivity index (χ3v) is 5.15. The van der Waals surface area contributed by atoms with Crippen LogP contribution in [-0.4, -0.2) is 27.0 Å². The molecular weight excluding hydrogens is 392 g/mol. The summed E-state index contributed by atoms with van der Waals surface area (Å²) in [4.78, 5) is 14.7. The van der Waals surface area contributed by atoms with E-state index in [1.165, 1.54) is 0 Å². The van der Waals surface area contributed by atoms with E-state index in [1.807, 2.05) is 49.3 Å². The van der Waals surface area contributed by atoms with Gasteiger partial charge in [-0.25, -0.2) is 0 Å². The Labute approximate surface area is 154 Å². The number of nitrogens with zero attached hydrogens (tertiary/aromatic N) is 1. The fourth-order valence-electron chi connectivity index (χ4n) is 2.57. The Bertz CT molecular complexity index is 862. The van der Waals surface area contributed by atoms with Crippen LogP contribution in [0.15, 0.2) is 40.5 Å². The number of ketones is 1. The Morgan fingerprint density at radius 3 is 2.67 bits per heavy atom. The summed E-state index contributed by atoms with van der Waals surface area (Å²) in [6.45, 7) is 0. The highest BCUT2D eigenvalue weighted by atomic mass is 79.9. The maximum absolute atomic E-state index is 12.7. The molecule has 0 fully saturated rings. The zero-order valence-electron chi connectivity index (χ0n) is 13.5. The Kier molecular flexibility index (Phi) is 4.56. The van der Waals surface area contributed by atoms with Gasteiger partial charge in [-0.05, 0) is 46.3 Å². The maximum atomic E-state index is 12.7. The van der Waals surface area contributed by atoms with E-state index in [1.54, 1.807) is 13.2 Å². The molecule has 1 aliphatic rings. The van der Waals surface area contributed by atoms with E-state index in [4.69, 9.17) is 16.3 Å². The summed E-state index contributed by atoms with van der Waals surface area (Å²) in [6, 6.07) is 9.48. The van der Waals surface area contributed by atoms with Gasteiger partial charge < -0.3 is 15.0 Å². The Balaban J connectivity index is 2.02. The molecule has 0 spiro atoms. The number of fused-ring (bicyclic) bond motifs is 1. The third kappa shape index (κ3) is 2.89. The Morgan fingerprint density at radius 1 is 1.25 bits per heavy atom. The lowest BCUT2D eigenvalue weighted by Crippen LogP contribution is -2.08. The largest absolute Gasteiger partial charge is 0.496 e. The first-order valence-corrected chi connectivity index (χ1v) is 8.46. The molecule has 6 heteroatoms. The predicted octanol–water partition coefficient (Wildman–Crippen LogP) is 4.83. The molecule has 0 aromatic heterocycles. The highest BCUT2D eigenvalue weighted by Crippen LogP contribution is 2.39. The summed E-state index contributed by atoms with van der Waals surface area (Å²) < 4.78 is 6.16. The van der Waals surface area contributed by atoms with Gasteiger partial charge in [0.15, 0.2) is 0 Å². The highest BCUT2D eigenvalue weighted by molar-refractivity contribution is 9.10. The number of ether oxygens (including phenoxy) is 1. The topological polar surface area (TPSA) is 41.6 Å². The number of carbonyl (C=O) groups is 1. The second-order valence-electron chi connectivity index (χ2n) is 5.62. The number of nitrogens with one attached hydrogen (secondary N) is 1. The van der Waals surface area contributed by atoms with Gasteiger partial charge >= 0.3 is 0 Å². The van der Waals surface area contributed by atoms with Gasteiger partial charge in [0.1, 0.15) is 5.75 Å². The number of halogens is 2. The number of Topliss-reactive ketones (excluding diaryl/α,β-unsaturated/α-hetero) is 1. The Morgan fingerprint density at radius 2 is 2.00 bits per heavy atom. The van der Waals surface area contributed by atoms with Crippen LogP contribution in [-0.2, 0) is 0 Å². The molecule has 2 aromatic rings. The molecule has 0 amide bonds. The minimum atomic E-state index is -0.130. The summed E-state index contributed by atoms with van der Waals surface area (Å²) >= 11 is 9.60. The van der Waals surface area contributed by atoms with E-state index in [0.29, 0.717) is 32.2 Å². The van der Waals surface area contributed by atoms with Crippen LogP contribution in [0.2, 0.25) is 5.02 Å². The van der Waals surface area contributed by atoms with Crippen LogP contribution in [0.3, 0.4) is 0 Å². The zero-order valence-corrected chi connectivity index (χ0v) is 15.8. The third-order valence-electron chi connectivity index (χ3n) is 3.87. The summed E-state index contributed by atoms with van der Waals surface area (Å²) in [6.07, 6.45) is 1.78. The van der Waals surface area contributed by atoms with Crippen molar-refractivity contribution < 1.29 is 9.53 Å². The Hall–Kier alpha value is -1.98. The molecule has 0 bridgehead atoms. The standard InChI is InChI=1S/C18H16BrClN2O2/c1-22(2)11-5-4-10(15(9-11)24-3)8-14-18(23)16-13(21-14)7-6-12(19)17(16)20/h4-9,21H,1-3H3/b14-8+. The predicted molar refractivity (Wildman–Crippen MR) is 102 cm³/mol. The molecule has 1 N–H and O–H groups in total. The van der Waals surface area contributed by atoms with Gasteiger partial charge in [-0.1, -0.05) is 11.6 Å². The fraction of sp³-hybridized carbons (Fsp3) is 0.167. The molecule has 124 valence electrons. The average Bonchev–Trinajstić information content (AvgIpc) is 2.88. The number of benzene rings is 2. The first-order valence-electron chi connectivity index (χ1n) is 7.29. The number of rotatable bonds is 3. The van der Waals surface area contributed by atoms with Crippen LogP contribution < -0.4 is 15.0 Å². The number of allylic oxidation sites excluding steroid dienone is 1. The van der Waals surface area contributed by atoms with E-state index < -0.39 is 0 Å². The van der Waals surface area contributed by atoms with Gasteiger partial charge in [0.05, 0.1) is 29.1 Å². The number of methoxy groups -OCH3 is 1. The van der Waals surface area contributed by atoms with Crippen LogP contribution >= 0.6 is 27.5 Å². The van der Waals surface area contributed by atoms with E-state index >= 15 is 0 Å². The zero-order chi connectivity index (χ0) is 17.4. The van der Waals surface area contributed by atoms with Gasteiger partial charge in [0, 0.05) is 35.9 Å². The second kappa shape index (κ2) is 6.49. The molecule has 4 nitrogen and oxygen atoms in total. The lowest BCUT2D eigenvalue weighted by Gasteiger charge is -2.15. The molecule has 0 aliphatic carbocycles. The lowest BCUT2D eigenvalue weighted by atomic mass is 10.1. The number of hydrogen-bond donors (Lipinski definition) is 1. The minimum Gasteiger partial charge on any atom is -0.496 e. The SMILES string of the molecule is COc1cc(N(C)C)ccc1/C=C1/Nc2ccc(Br)c(Cl)c2C1=O. The molecule has 0 radical (unpaired) electrons. The highest BCUT2D eigenvalue weighted by Gasteiger charge is 2.28. The summed E-state index contributed by atoms with van der Waals surface area (Å²) in [5.41, 5.74) is 3.52. The minimum absolute atomic E-state index is 0.130. The van der Waals surface area contributed by atoms with Gasteiger partial charge in [0.25, 0.3) is 0 Å². The quantitative estimate of drug-likeness (QED) is 0.740. The van der Waals surface area contributed by atoms with Crippen LogP contribution in [0.5, 0.6) is 5.75 Å². The van der Waals surface area contributed by atoms with Gasteiger partial charge in [0.2, 0.25) is 5.78 Å². The molecule has 0 saturated heterocycles. The molecule has 0 atom stereocenters. The van der Waals surface area contributed by atoms with Crippen molar-refractivity contribution in [1.29, 1.82) is 0 Å². The molecular formula is C18H16BrClN2O2. The van der Waals surface area contributed by atoms with Crippen molar-refractivity contribution in [2.24, 2.45) is 0 Å². The van der Waals surface area contributed by atoms with Crippen molar-refractivity contribution in [3.8, 4) is 5.75 Å². The van der Waals surface area contributed by atoms with E-state index in [-0.39, 0.29) is 5.78 Å². The monoisotopic (exact) mass is 406 g/mol. The molecule has 0 saturated carbocycles. The van der Waals surface area contributed by atoms with E-state index in [0.717, 1.165) is 11.3 Å². The van der Waals surface area contributed by atoms with Crippen molar-refractivity contribution in [2.75, 3.05) is 31.4 Å². The first kappa shape index (κ1) is 16.9. The maximum Gasteiger partial charge on any atom is 0.212 e. The molecule has 1 heterocycles. The number of anilines is 2. The lowest BCUT2D eigenvalue weighted by molar-refractivity contribution is 0.104. The van der Waals surface area contributed by atoms with Crippen molar-refractivity contribution >= 4 is 50.8 Å². The number of carbonyl (C=O) groups excluding carboxylic acids is 1. The van der Waals surface area contributed by atoms with Gasteiger partial charge in [-0.15, -0.1) is 0 Å². The normalized spacial score (nSPS) is 14.5. The molecule has 24 heavy (non-hydrogen) atoms. The molecule has 3 rings (SSSR count). The van der Waals surface area contributed by atoms with Crippen molar-refractivity contribution in [3.63, 3.8) is 0 Å². The first-order chi connectivity index (χ1) is 11.4. The fourth-order valence-corrected chi connectivity index (χ4v) is 3.15. The van der Waals surface area contributed by atoms with E-state index in [9.17, 15) is 4.79 Å². The van der Waals surface area contributed by atoms with Gasteiger partial charge in [-0.2, -0.15) is 0 Å². The van der Waals surface area contributed by atoms with Crippen molar-refractivity contribution in [2.45, 2.75) is 0 Å². The van der Waals surface area contributed by atoms with Crippen molar-refractivity contribution in [1.82, 2.24) is 0 Å². The van der Waals surface area contributed by atoms with Crippen molar-refractivity contribution in [3.05, 3.63) is 56.7 Å². The molecule has 1 aliphatic heterocycles. The number of hydrogen-bond acceptors (Lipinski definition) is 4. The smallest absolute Gasteiger partial charge is 0.212 e.